The molecular weight excluding hydrogens is 321 g/mol. The van der Waals surface area contributed by atoms with Gasteiger partial charge in [-0.05, 0) is 29.8 Å². The van der Waals surface area contributed by atoms with E-state index in [4.69, 9.17) is 4.74 Å². The van der Waals surface area contributed by atoms with Gasteiger partial charge in [0.1, 0.15) is 11.6 Å². The van der Waals surface area contributed by atoms with E-state index in [-0.39, 0.29) is 11.6 Å². The molecule has 0 unspecified atom stereocenters. The highest BCUT2D eigenvalue weighted by Gasteiger charge is 2.11. The molecule has 0 bridgehead atoms. The zero-order chi connectivity index (χ0) is 17.6. The smallest absolute Gasteiger partial charge is 0.222 e. The monoisotopic (exact) mass is 337 g/mol. The lowest BCUT2D eigenvalue weighted by atomic mass is 10.1. The second-order valence-electron chi connectivity index (χ2n) is 5.34. The van der Waals surface area contributed by atoms with Crippen molar-refractivity contribution >= 4 is 11.7 Å². The molecule has 0 radical (unpaired) electrons. The van der Waals surface area contributed by atoms with Crippen LogP contribution in [0.25, 0.3) is 0 Å². The van der Waals surface area contributed by atoms with Crippen LogP contribution in [0.15, 0.2) is 60.9 Å². The number of nitrogens with zero attached hydrogens (tertiary/aromatic N) is 2. The summed E-state index contributed by atoms with van der Waals surface area (Å²) in [4.78, 5) is 20.7. The molecule has 1 aromatic heterocycles. The highest BCUT2D eigenvalue weighted by atomic mass is 19.1. The Morgan fingerprint density at radius 3 is 2.48 bits per heavy atom. The van der Waals surface area contributed by atoms with Crippen LogP contribution in [-0.2, 0) is 6.54 Å². The van der Waals surface area contributed by atoms with Crippen molar-refractivity contribution in [2.75, 3.05) is 12.4 Å². The Labute approximate surface area is 144 Å². The van der Waals surface area contributed by atoms with Gasteiger partial charge in [0.15, 0.2) is 5.78 Å². The van der Waals surface area contributed by atoms with Crippen LogP contribution in [0.1, 0.15) is 21.5 Å². The van der Waals surface area contributed by atoms with E-state index in [1.807, 2.05) is 0 Å². The molecule has 1 heterocycles. The average Bonchev–Trinajstić information content (AvgIpc) is 2.67. The van der Waals surface area contributed by atoms with Crippen molar-refractivity contribution in [3.05, 3.63) is 83.4 Å². The Morgan fingerprint density at radius 2 is 1.80 bits per heavy atom. The van der Waals surface area contributed by atoms with Crippen molar-refractivity contribution in [2.45, 2.75) is 6.54 Å². The summed E-state index contributed by atoms with van der Waals surface area (Å²) in [5, 5.41) is 3.03. The molecule has 0 spiro atoms. The largest absolute Gasteiger partial charge is 0.497 e. The third-order valence-electron chi connectivity index (χ3n) is 3.61. The van der Waals surface area contributed by atoms with Gasteiger partial charge < -0.3 is 10.1 Å². The molecule has 0 amide bonds. The third-order valence-corrected chi connectivity index (χ3v) is 3.61. The summed E-state index contributed by atoms with van der Waals surface area (Å²) in [5.74, 6) is 0.556. The Balaban J connectivity index is 1.66. The molecule has 126 valence electrons. The summed E-state index contributed by atoms with van der Waals surface area (Å²) < 4.78 is 18.0. The maximum absolute atomic E-state index is 12.9. The summed E-state index contributed by atoms with van der Waals surface area (Å²) in [5.41, 5.74) is 1.80. The van der Waals surface area contributed by atoms with Gasteiger partial charge in [-0.1, -0.05) is 24.3 Å². The fourth-order valence-electron chi connectivity index (χ4n) is 2.25. The number of halogens is 1. The summed E-state index contributed by atoms with van der Waals surface area (Å²) in [6.45, 7) is 0.462. The maximum Gasteiger partial charge on any atom is 0.222 e. The van der Waals surface area contributed by atoms with E-state index in [0.717, 1.165) is 5.56 Å². The fourth-order valence-corrected chi connectivity index (χ4v) is 2.25. The minimum absolute atomic E-state index is 0.177. The molecule has 0 saturated carbocycles. The number of ketones is 1. The Hall–Kier alpha value is -3.28. The molecule has 3 rings (SSSR count). The number of hydrogen-bond acceptors (Lipinski definition) is 5. The van der Waals surface area contributed by atoms with Crippen LogP contribution in [0.5, 0.6) is 5.75 Å². The highest BCUT2D eigenvalue weighted by Crippen LogP contribution is 2.16. The van der Waals surface area contributed by atoms with E-state index < -0.39 is 0 Å². The summed E-state index contributed by atoms with van der Waals surface area (Å²) in [7, 11) is 1.55. The zero-order valence-electron chi connectivity index (χ0n) is 13.6. The molecule has 0 atom stereocenters. The molecule has 3 aromatic rings. The summed E-state index contributed by atoms with van der Waals surface area (Å²) in [6.07, 6.45) is 2.95. The van der Waals surface area contributed by atoms with Crippen molar-refractivity contribution in [1.82, 2.24) is 9.97 Å². The molecule has 0 fully saturated rings. The van der Waals surface area contributed by atoms with Crippen LogP contribution in [-0.4, -0.2) is 22.9 Å². The zero-order valence-corrected chi connectivity index (χ0v) is 13.6. The van der Waals surface area contributed by atoms with E-state index in [1.54, 1.807) is 43.5 Å². The van der Waals surface area contributed by atoms with Gasteiger partial charge in [0, 0.05) is 24.5 Å². The quantitative estimate of drug-likeness (QED) is 0.698. The molecule has 5 nitrogen and oxygen atoms in total. The van der Waals surface area contributed by atoms with E-state index in [0.29, 0.717) is 29.4 Å². The number of carbonyl (C=O) groups excluding carboxylic acids is 1. The van der Waals surface area contributed by atoms with E-state index in [9.17, 15) is 9.18 Å². The molecule has 6 heteroatoms. The van der Waals surface area contributed by atoms with Gasteiger partial charge in [-0.3, -0.25) is 4.79 Å². The highest BCUT2D eigenvalue weighted by molar-refractivity contribution is 6.08. The third kappa shape index (κ3) is 4.17. The number of carbonyl (C=O) groups is 1. The molecule has 2 aromatic carbocycles. The minimum atomic E-state index is -0.277. The van der Waals surface area contributed by atoms with Crippen molar-refractivity contribution < 1.29 is 13.9 Å². The first kappa shape index (κ1) is 16.6. The molecule has 0 aliphatic carbocycles. The number of aromatic nitrogens is 2. The van der Waals surface area contributed by atoms with Crippen LogP contribution >= 0.6 is 0 Å². The normalized spacial score (nSPS) is 10.3. The lowest BCUT2D eigenvalue weighted by Crippen LogP contribution is -2.07. The summed E-state index contributed by atoms with van der Waals surface area (Å²) >= 11 is 0. The van der Waals surface area contributed by atoms with Crippen molar-refractivity contribution in [3.63, 3.8) is 0 Å². The first-order chi connectivity index (χ1) is 12.2. The Kier molecular flexibility index (Phi) is 4.99. The maximum atomic E-state index is 12.9. The molecule has 1 N–H and O–H groups in total. The Bertz CT molecular complexity index is 865. The average molecular weight is 337 g/mol. The van der Waals surface area contributed by atoms with E-state index in [1.165, 1.54) is 24.5 Å². The minimum Gasteiger partial charge on any atom is -0.497 e. The van der Waals surface area contributed by atoms with E-state index in [2.05, 4.69) is 15.3 Å². The van der Waals surface area contributed by atoms with E-state index >= 15 is 0 Å². The second-order valence-corrected chi connectivity index (χ2v) is 5.34. The lowest BCUT2D eigenvalue weighted by molar-refractivity contribution is 0.103. The molecular formula is C19H16FN3O2. The van der Waals surface area contributed by atoms with Gasteiger partial charge in [-0.15, -0.1) is 0 Å². The van der Waals surface area contributed by atoms with Crippen LogP contribution in [0.3, 0.4) is 0 Å². The number of benzene rings is 2. The molecule has 0 aliphatic rings. The van der Waals surface area contributed by atoms with Crippen molar-refractivity contribution in [3.8, 4) is 5.75 Å². The second kappa shape index (κ2) is 7.53. The number of anilines is 1. The van der Waals surface area contributed by atoms with Gasteiger partial charge in [0.25, 0.3) is 0 Å². The Morgan fingerprint density at radius 1 is 1.08 bits per heavy atom. The molecule has 0 saturated heterocycles. The number of methoxy groups -OCH3 is 1. The van der Waals surface area contributed by atoms with Crippen molar-refractivity contribution in [2.24, 2.45) is 0 Å². The van der Waals surface area contributed by atoms with Gasteiger partial charge >= 0.3 is 0 Å². The predicted molar refractivity (Wildman–Crippen MR) is 92.2 cm³/mol. The molecule has 0 aliphatic heterocycles. The molecule has 25 heavy (non-hydrogen) atoms. The topological polar surface area (TPSA) is 64.1 Å². The first-order valence-electron chi connectivity index (χ1n) is 7.65. The number of hydrogen-bond donors (Lipinski definition) is 1. The van der Waals surface area contributed by atoms with Crippen LogP contribution < -0.4 is 10.1 Å². The standard InChI is InChI=1S/C19H16FN3O2/c1-25-17-4-2-3-14(9-17)18(24)15-11-22-19(23-12-15)21-10-13-5-7-16(20)8-6-13/h2-9,11-12H,10H2,1H3,(H,21,22,23). The van der Waals surface area contributed by atoms with Gasteiger partial charge in [-0.2, -0.15) is 0 Å². The van der Waals surface area contributed by atoms with Crippen LogP contribution in [0.2, 0.25) is 0 Å². The first-order valence-corrected chi connectivity index (χ1v) is 7.65. The summed E-state index contributed by atoms with van der Waals surface area (Å²) in [6, 6.07) is 13.1. The predicted octanol–water partition coefficient (Wildman–Crippen LogP) is 3.47. The van der Waals surface area contributed by atoms with Gasteiger partial charge in [0.05, 0.1) is 12.7 Å². The number of ether oxygens (including phenoxy) is 1. The van der Waals surface area contributed by atoms with Crippen LogP contribution in [0, 0.1) is 5.82 Å². The van der Waals surface area contributed by atoms with Crippen molar-refractivity contribution in [1.29, 1.82) is 0 Å². The fraction of sp³-hybridized carbons (Fsp3) is 0.105. The van der Waals surface area contributed by atoms with Gasteiger partial charge in [-0.25, -0.2) is 14.4 Å². The number of rotatable bonds is 6. The SMILES string of the molecule is COc1cccc(C(=O)c2cnc(NCc3ccc(F)cc3)nc2)c1. The lowest BCUT2D eigenvalue weighted by Gasteiger charge is -2.06. The van der Waals surface area contributed by atoms with Gasteiger partial charge in [0.2, 0.25) is 5.95 Å². The number of nitrogens with one attached hydrogen (secondary N) is 1. The van der Waals surface area contributed by atoms with Crippen LogP contribution in [0.4, 0.5) is 10.3 Å².